The monoisotopic (exact) mass is 183 g/mol. The zero-order valence-electron chi connectivity index (χ0n) is 6.22. The molecule has 0 saturated carbocycles. The molecular weight excluding hydrogens is 178 g/mol. The van der Waals surface area contributed by atoms with E-state index in [1.165, 1.54) is 18.5 Å². The van der Waals surface area contributed by atoms with Gasteiger partial charge in [-0.2, -0.15) is 9.46 Å². The summed E-state index contributed by atoms with van der Waals surface area (Å²) in [5, 5.41) is 7.37. The highest BCUT2D eigenvalue weighted by atomic mass is 32.2. The molecule has 12 heavy (non-hydrogen) atoms. The molecule has 1 aliphatic rings. The smallest absolute Gasteiger partial charge is 0.266 e. The van der Waals surface area contributed by atoms with Crippen LogP contribution in [0.15, 0.2) is 21.7 Å². The topological polar surface area (TPSA) is 72.3 Å². The van der Waals surface area contributed by atoms with E-state index in [2.05, 4.69) is 14.6 Å². The minimum absolute atomic E-state index is 0.204. The van der Waals surface area contributed by atoms with Gasteiger partial charge >= 0.3 is 0 Å². The Hall–Kier alpha value is -1.30. The summed E-state index contributed by atoms with van der Waals surface area (Å²) >= 11 is 0. The van der Waals surface area contributed by atoms with Crippen LogP contribution in [0.4, 0.5) is 0 Å². The maximum atomic E-state index is 11.5. The highest BCUT2D eigenvalue weighted by molar-refractivity contribution is 7.93. The van der Waals surface area contributed by atoms with Gasteiger partial charge in [0.1, 0.15) is 9.73 Å². The fourth-order valence-corrected chi connectivity index (χ4v) is 2.28. The molecule has 0 N–H and O–H groups in total. The molecule has 1 aliphatic heterocycles. The second-order valence-electron chi connectivity index (χ2n) is 2.45. The van der Waals surface area contributed by atoms with E-state index in [-0.39, 0.29) is 5.03 Å². The third-order valence-corrected chi connectivity index (χ3v) is 3.07. The van der Waals surface area contributed by atoms with Gasteiger partial charge in [0.05, 0.1) is 11.8 Å². The number of hydrogen-bond donors (Lipinski definition) is 0. The van der Waals surface area contributed by atoms with Crippen molar-refractivity contribution < 1.29 is 9.00 Å². The van der Waals surface area contributed by atoms with E-state index in [4.69, 9.17) is 0 Å². The Morgan fingerprint density at radius 1 is 1.50 bits per heavy atom. The molecule has 2 heterocycles. The Morgan fingerprint density at radius 2 is 2.25 bits per heavy atom. The summed E-state index contributed by atoms with van der Waals surface area (Å²) in [5.74, 6) is -0.465. The van der Waals surface area contributed by atoms with Crippen molar-refractivity contribution in [3.8, 4) is 0 Å². The molecule has 0 bridgehead atoms. The van der Waals surface area contributed by atoms with Gasteiger partial charge < -0.3 is 0 Å². The number of amides is 1. The van der Waals surface area contributed by atoms with Crippen molar-refractivity contribution in [2.45, 2.75) is 5.03 Å². The number of fused-ring (bicyclic) bond motifs is 1. The third-order valence-electron chi connectivity index (χ3n) is 1.53. The van der Waals surface area contributed by atoms with Crippen LogP contribution < -0.4 is 0 Å². The number of aromatic nitrogens is 2. The lowest BCUT2D eigenvalue weighted by atomic mass is 10.3. The van der Waals surface area contributed by atoms with E-state index in [9.17, 15) is 9.00 Å². The van der Waals surface area contributed by atoms with Gasteiger partial charge in [0.25, 0.3) is 5.91 Å². The van der Waals surface area contributed by atoms with Crippen molar-refractivity contribution in [3.63, 3.8) is 0 Å². The zero-order valence-corrected chi connectivity index (χ0v) is 7.04. The van der Waals surface area contributed by atoms with E-state index in [1.54, 1.807) is 0 Å². The highest BCUT2D eigenvalue weighted by Crippen LogP contribution is 2.21. The largest absolute Gasteiger partial charge is 0.288 e. The minimum Gasteiger partial charge on any atom is -0.266 e. The van der Waals surface area contributed by atoms with Crippen LogP contribution in [0.2, 0.25) is 0 Å². The van der Waals surface area contributed by atoms with Crippen molar-refractivity contribution in [1.29, 1.82) is 0 Å². The first-order valence-electron chi connectivity index (χ1n) is 3.19. The van der Waals surface area contributed by atoms with E-state index in [0.717, 1.165) is 0 Å². The molecule has 0 aromatic carbocycles. The third kappa shape index (κ3) is 0.845. The van der Waals surface area contributed by atoms with Gasteiger partial charge in [0.2, 0.25) is 0 Å². The summed E-state index contributed by atoms with van der Waals surface area (Å²) in [5.41, 5.74) is 0.303. The Bertz CT molecular complexity index is 473. The molecular formula is C6H5N3O2S. The number of carbonyl (C=O) groups is 1. The molecule has 0 spiro atoms. The first-order valence-corrected chi connectivity index (χ1v) is 5.12. The van der Waals surface area contributed by atoms with Crippen molar-refractivity contribution in [1.82, 2.24) is 10.2 Å². The molecule has 1 aromatic heterocycles. The molecule has 0 saturated heterocycles. The van der Waals surface area contributed by atoms with E-state index in [0.29, 0.717) is 5.56 Å². The van der Waals surface area contributed by atoms with Gasteiger partial charge in [0.15, 0.2) is 5.03 Å². The van der Waals surface area contributed by atoms with Gasteiger partial charge in [-0.05, 0) is 6.07 Å². The molecule has 1 unspecified atom stereocenters. The van der Waals surface area contributed by atoms with Crippen molar-refractivity contribution in [2.75, 3.05) is 6.26 Å². The van der Waals surface area contributed by atoms with Crippen molar-refractivity contribution in [2.24, 2.45) is 4.36 Å². The molecule has 5 nitrogen and oxygen atoms in total. The lowest BCUT2D eigenvalue weighted by molar-refractivity contribution is 0.100. The van der Waals surface area contributed by atoms with E-state index in [1.807, 2.05) is 0 Å². The second kappa shape index (κ2) is 2.10. The normalized spacial score (nSPS) is 26.6. The number of carbonyl (C=O) groups excluding carboxylic acids is 1. The van der Waals surface area contributed by atoms with Crippen LogP contribution in [0.1, 0.15) is 10.4 Å². The van der Waals surface area contributed by atoms with Gasteiger partial charge in [-0.25, -0.2) is 4.21 Å². The van der Waals surface area contributed by atoms with Crippen LogP contribution in [0.5, 0.6) is 0 Å². The highest BCUT2D eigenvalue weighted by Gasteiger charge is 2.27. The van der Waals surface area contributed by atoms with Crippen LogP contribution in [0.25, 0.3) is 0 Å². The van der Waals surface area contributed by atoms with Crippen LogP contribution in [-0.2, 0) is 9.73 Å². The SMILES string of the molecule is CS1(=O)=NC(=O)c2ccnnc21. The van der Waals surface area contributed by atoms with Crippen LogP contribution in [-0.4, -0.2) is 26.6 Å². The number of hydrogen-bond acceptors (Lipinski definition) is 4. The van der Waals surface area contributed by atoms with Crippen LogP contribution in [0.3, 0.4) is 0 Å². The number of rotatable bonds is 0. The Morgan fingerprint density at radius 3 is 2.92 bits per heavy atom. The molecule has 1 atom stereocenters. The summed E-state index contributed by atoms with van der Waals surface area (Å²) in [6.45, 7) is 0. The predicted molar refractivity (Wildman–Crippen MR) is 41.1 cm³/mol. The van der Waals surface area contributed by atoms with Gasteiger partial charge in [-0.1, -0.05) is 0 Å². The summed E-state index contributed by atoms with van der Waals surface area (Å²) in [4.78, 5) is 11.1. The summed E-state index contributed by atoms with van der Waals surface area (Å²) in [7, 11) is -2.60. The van der Waals surface area contributed by atoms with Crippen LogP contribution in [0, 0.1) is 0 Å². The minimum atomic E-state index is -2.60. The Labute approximate surface area is 69.0 Å². The van der Waals surface area contributed by atoms with Crippen LogP contribution >= 0.6 is 0 Å². The predicted octanol–water partition coefficient (Wildman–Crippen LogP) is 0.0871. The standard InChI is InChI=1S/C6H5N3O2S/c1-12(11)6-4(5(10)9-12)2-3-7-8-6/h2-3H,1H3. The molecule has 0 fully saturated rings. The Balaban J connectivity index is 2.87. The van der Waals surface area contributed by atoms with E-state index < -0.39 is 15.6 Å². The maximum absolute atomic E-state index is 11.5. The average molecular weight is 183 g/mol. The first kappa shape index (κ1) is 7.35. The Kier molecular flexibility index (Phi) is 1.29. The molecule has 2 rings (SSSR count). The number of nitrogens with zero attached hydrogens (tertiary/aromatic N) is 3. The summed E-state index contributed by atoms with van der Waals surface area (Å²) in [6, 6.07) is 1.48. The summed E-state index contributed by atoms with van der Waals surface area (Å²) in [6.07, 6.45) is 2.76. The molecule has 1 amide bonds. The molecule has 0 aliphatic carbocycles. The summed E-state index contributed by atoms with van der Waals surface area (Å²) < 4.78 is 15.0. The molecule has 1 aromatic rings. The second-order valence-corrected chi connectivity index (χ2v) is 4.62. The molecule has 6 heteroatoms. The first-order chi connectivity index (χ1) is 5.61. The maximum Gasteiger partial charge on any atom is 0.288 e. The fraction of sp³-hybridized carbons (Fsp3) is 0.167. The quantitative estimate of drug-likeness (QED) is 0.571. The van der Waals surface area contributed by atoms with Gasteiger partial charge in [-0.3, -0.25) is 4.79 Å². The van der Waals surface area contributed by atoms with Gasteiger partial charge in [0, 0.05) is 6.26 Å². The molecule has 62 valence electrons. The zero-order chi connectivity index (χ0) is 8.77. The lowest BCUT2D eigenvalue weighted by Gasteiger charge is -1.93. The average Bonchev–Trinajstić information content (AvgIpc) is 2.25. The van der Waals surface area contributed by atoms with E-state index >= 15 is 0 Å². The van der Waals surface area contributed by atoms with Crippen molar-refractivity contribution >= 4 is 15.6 Å². The molecule has 0 radical (unpaired) electrons. The van der Waals surface area contributed by atoms with Crippen molar-refractivity contribution in [3.05, 3.63) is 17.8 Å². The fourth-order valence-electron chi connectivity index (χ4n) is 1.01. The van der Waals surface area contributed by atoms with Gasteiger partial charge in [-0.15, -0.1) is 5.10 Å². The lowest BCUT2D eigenvalue weighted by Crippen LogP contribution is -1.99.